The van der Waals surface area contributed by atoms with Crippen LogP contribution < -0.4 is 15.1 Å². The van der Waals surface area contributed by atoms with Crippen LogP contribution in [0.5, 0.6) is 0 Å². The molecule has 3 saturated heterocycles. The summed E-state index contributed by atoms with van der Waals surface area (Å²) in [6, 6.07) is 8.74. The molecule has 2 aromatic heterocycles. The van der Waals surface area contributed by atoms with Crippen molar-refractivity contribution in [3.05, 3.63) is 43.2 Å². The van der Waals surface area contributed by atoms with Crippen LogP contribution in [0.3, 0.4) is 0 Å². The molecular formula is C29H39N9O2. The summed E-state index contributed by atoms with van der Waals surface area (Å²) in [5.41, 5.74) is 3.26. The molecule has 3 aliphatic rings. The Bertz CT molecular complexity index is 1400. The van der Waals surface area contributed by atoms with Crippen molar-refractivity contribution in [2.24, 2.45) is 5.92 Å². The van der Waals surface area contributed by atoms with Crippen molar-refractivity contribution in [1.29, 1.82) is 0 Å². The topological polar surface area (TPSA) is 94.9 Å². The number of piperazine rings is 1. The van der Waals surface area contributed by atoms with Crippen molar-refractivity contribution in [3.63, 3.8) is 0 Å². The number of amides is 1. The van der Waals surface area contributed by atoms with E-state index in [0.717, 1.165) is 43.0 Å². The number of hydrogen-bond acceptors (Lipinski definition) is 9. The Morgan fingerprint density at radius 2 is 1.85 bits per heavy atom. The molecule has 3 fully saturated rings. The largest absolute Gasteiger partial charge is 0.374 e. The maximum atomic E-state index is 12.3. The van der Waals surface area contributed by atoms with Gasteiger partial charge in [-0.2, -0.15) is 9.97 Å². The van der Waals surface area contributed by atoms with Gasteiger partial charge in [0.15, 0.2) is 17.0 Å². The van der Waals surface area contributed by atoms with E-state index in [1.807, 2.05) is 11.2 Å². The molecule has 0 bridgehead atoms. The zero-order valence-corrected chi connectivity index (χ0v) is 23.9. The normalized spacial score (nSPS) is 23.3. The summed E-state index contributed by atoms with van der Waals surface area (Å²) in [5.74, 6) is 1.42. The Labute approximate surface area is 235 Å². The average molecular weight is 546 g/mol. The molecule has 5 heterocycles. The first-order chi connectivity index (χ1) is 19.3. The van der Waals surface area contributed by atoms with Crippen LogP contribution in [0, 0.1) is 5.92 Å². The van der Waals surface area contributed by atoms with Crippen LogP contribution in [0.15, 0.2) is 43.2 Å². The van der Waals surface area contributed by atoms with Gasteiger partial charge in [0.2, 0.25) is 11.9 Å². The molecular weight excluding hydrogens is 506 g/mol. The summed E-state index contributed by atoms with van der Waals surface area (Å²) in [6.07, 6.45) is 3.21. The number of likely N-dealkylation sites (tertiary alicyclic amines) is 1. The Balaban J connectivity index is 1.28. The van der Waals surface area contributed by atoms with E-state index >= 15 is 0 Å². The second kappa shape index (κ2) is 10.4. The van der Waals surface area contributed by atoms with E-state index in [1.165, 1.54) is 11.8 Å². The van der Waals surface area contributed by atoms with E-state index in [1.54, 1.807) is 7.11 Å². The van der Waals surface area contributed by atoms with Gasteiger partial charge < -0.3 is 34.2 Å². The van der Waals surface area contributed by atoms with Gasteiger partial charge in [-0.3, -0.25) is 4.79 Å². The summed E-state index contributed by atoms with van der Waals surface area (Å²) in [5, 5.41) is 3.53. The van der Waals surface area contributed by atoms with E-state index < -0.39 is 5.60 Å². The second-order valence-electron chi connectivity index (χ2n) is 11.5. The third kappa shape index (κ3) is 4.66. The number of carbonyl (C=O) groups excluding carboxylic acids is 1. The minimum atomic E-state index is -0.456. The Hall–Kier alpha value is -3.70. The van der Waals surface area contributed by atoms with Gasteiger partial charge in [-0.05, 0) is 51.2 Å². The molecule has 0 spiro atoms. The minimum absolute atomic E-state index is 0.0546. The fourth-order valence-corrected chi connectivity index (χ4v) is 6.22. The van der Waals surface area contributed by atoms with Crippen LogP contribution in [0.1, 0.15) is 19.9 Å². The van der Waals surface area contributed by atoms with E-state index in [2.05, 4.69) is 76.3 Å². The standard InChI is InChI=1S/C29H39N9O2/c1-6-24(39)36-15-21-16-37(18-29(21,17-36)40-5)28-32-26(25-27(33-28)38(19-30-25)20(2)3)31-22-7-9-23(10-8-22)35-13-11-34(4)12-14-35/h6-10,19-21H,1,11-18H2,2-5H3,(H,31,32,33)/t21-,29+/m0/s1. The number of imidazole rings is 1. The van der Waals surface area contributed by atoms with Gasteiger partial charge in [0, 0.05) is 69.7 Å². The first-order valence-corrected chi connectivity index (χ1v) is 14.1. The highest BCUT2D eigenvalue weighted by molar-refractivity contribution is 5.88. The lowest BCUT2D eigenvalue weighted by Gasteiger charge is -2.34. The second-order valence-corrected chi connectivity index (χ2v) is 11.5. The molecule has 0 saturated carbocycles. The predicted molar refractivity (Wildman–Crippen MR) is 157 cm³/mol. The number of nitrogens with zero attached hydrogens (tertiary/aromatic N) is 8. The lowest BCUT2D eigenvalue weighted by molar-refractivity contribution is -0.126. The van der Waals surface area contributed by atoms with Crippen molar-refractivity contribution in [2.75, 3.05) is 81.6 Å². The number of carbonyl (C=O) groups is 1. The quantitative estimate of drug-likeness (QED) is 0.450. The third-order valence-corrected chi connectivity index (χ3v) is 8.68. The van der Waals surface area contributed by atoms with Gasteiger partial charge in [0.05, 0.1) is 19.4 Å². The molecule has 11 nitrogen and oxygen atoms in total. The average Bonchev–Trinajstić information content (AvgIpc) is 3.65. The van der Waals surface area contributed by atoms with Crippen LogP contribution in [0.25, 0.3) is 11.2 Å². The monoisotopic (exact) mass is 545 g/mol. The molecule has 3 aliphatic heterocycles. The fraction of sp³-hybridized carbons (Fsp3) is 0.517. The molecule has 1 amide bonds. The molecule has 1 aromatic carbocycles. The number of fused-ring (bicyclic) bond motifs is 2. The van der Waals surface area contributed by atoms with Crippen molar-refractivity contribution in [1.82, 2.24) is 29.3 Å². The van der Waals surface area contributed by atoms with Gasteiger partial charge in [0.25, 0.3) is 0 Å². The number of methoxy groups -OCH3 is 1. The van der Waals surface area contributed by atoms with Crippen molar-refractivity contribution in [2.45, 2.75) is 25.5 Å². The van der Waals surface area contributed by atoms with E-state index in [9.17, 15) is 4.79 Å². The van der Waals surface area contributed by atoms with Crippen molar-refractivity contribution >= 4 is 40.2 Å². The Morgan fingerprint density at radius 3 is 2.50 bits per heavy atom. The van der Waals surface area contributed by atoms with Crippen molar-refractivity contribution in [3.8, 4) is 0 Å². The predicted octanol–water partition coefficient (Wildman–Crippen LogP) is 2.75. The molecule has 11 heteroatoms. The number of hydrogen-bond donors (Lipinski definition) is 1. The number of likely N-dealkylation sites (N-methyl/N-ethyl adjacent to an activating group) is 1. The van der Waals surface area contributed by atoms with E-state index in [4.69, 9.17) is 19.7 Å². The summed E-state index contributed by atoms with van der Waals surface area (Å²) in [7, 11) is 3.90. The highest BCUT2D eigenvalue weighted by Crippen LogP contribution is 2.40. The minimum Gasteiger partial charge on any atom is -0.374 e. The smallest absolute Gasteiger partial charge is 0.246 e. The number of ether oxygens (including phenoxy) is 1. The van der Waals surface area contributed by atoms with Crippen LogP contribution in [-0.4, -0.2) is 107 Å². The maximum absolute atomic E-state index is 12.3. The molecule has 212 valence electrons. The molecule has 0 aliphatic carbocycles. The van der Waals surface area contributed by atoms with Gasteiger partial charge in [-0.1, -0.05) is 6.58 Å². The van der Waals surface area contributed by atoms with Gasteiger partial charge in [-0.15, -0.1) is 0 Å². The third-order valence-electron chi connectivity index (χ3n) is 8.68. The molecule has 0 unspecified atom stereocenters. The zero-order valence-electron chi connectivity index (χ0n) is 23.9. The summed E-state index contributed by atoms with van der Waals surface area (Å²) >= 11 is 0. The summed E-state index contributed by atoms with van der Waals surface area (Å²) < 4.78 is 8.14. The Morgan fingerprint density at radius 1 is 1.10 bits per heavy atom. The molecule has 40 heavy (non-hydrogen) atoms. The molecule has 1 N–H and O–H groups in total. The number of nitrogens with one attached hydrogen (secondary N) is 1. The lowest BCUT2D eigenvalue weighted by atomic mass is 9.95. The van der Waals surface area contributed by atoms with Crippen LogP contribution in [0.4, 0.5) is 23.1 Å². The summed E-state index contributed by atoms with van der Waals surface area (Å²) in [6.45, 7) is 14.6. The number of rotatable bonds is 7. The summed E-state index contributed by atoms with van der Waals surface area (Å²) in [4.78, 5) is 35.8. The first kappa shape index (κ1) is 26.5. The molecule has 2 atom stereocenters. The van der Waals surface area contributed by atoms with Gasteiger partial charge in [0.1, 0.15) is 5.60 Å². The molecule has 0 radical (unpaired) electrons. The Kier molecular flexibility index (Phi) is 6.87. The lowest BCUT2D eigenvalue weighted by Crippen LogP contribution is -2.44. The van der Waals surface area contributed by atoms with Crippen LogP contribution in [-0.2, 0) is 9.53 Å². The van der Waals surface area contributed by atoms with Gasteiger partial charge in [-0.25, -0.2) is 4.98 Å². The first-order valence-electron chi connectivity index (χ1n) is 14.1. The fourth-order valence-electron chi connectivity index (χ4n) is 6.22. The number of benzene rings is 1. The van der Waals surface area contributed by atoms with Crippen LogP contribution in [0.2, 0.25) is 0 Å². The van der Waals surface area contributed by atoms with E-state index in [0.29, 0.717) is 37.9 Å². The number of anilines is 4. The highest BCUT2D eigenvalue weighted by atomic mass is 16.5. The highest BCUT2D eigenvalue weighted by Gasteiger charge is 2.54. The van der Waals surface area contributed by atoms with Crippen molar-refractivity contribution < 1.29 is 9.53 Å². The van der Waals surface area contributed by atoms with Gasteiger partial charge >= 0.3 is 0 Å². The SMILES string of the molecule is C=CC(=O)N1C[C@H]2CN(c3nc(Nc4ccc(N5CCN(C)CC5)cc4)c4ncn(C(C)C)c4n3)C[C@]2(OC)C1. The van der Waals surface area contributed by atoms with Crippen LogP contribution >= 0.6 is 0 Å². The van der Waals surface area contributed by atoms with E-state index in [-0.39, 0.29) is 17.9 Å². The number of aromatic nitrogens is 4. The zero-order chi connectivity index (χ0) is 28.0. The molecule has 6 rings (SSSR count). The molecule has 3 aromatic rings. The maximum Gasteiger partial charge on any atom is 0.246 e.